The molecule has 31 heavy (non-hydrogen) atoms. The Morgan fingerprint density at radius 2 is 2.06 bits per heavy atom. The molecule has 1 aliphatic rings. The van der Waals surface area contributed by atoms with Gasteiger partial charge in [-0.1, -0.05) is 35.5 Å². The molecule has 0 aliphatic carbocycles. The summed E-state index contributed by atoms with van der Waals surface area (Å²) in [6, 6.07) is 12.7. The largest absolute Gasteiger partial charge is 0.496 e. The Morgan fingerprint density at radius 3 is 2.84 bits per heavy atom. The van der Waals surface area contributed by atoms with Crippen molar-refractivity contribution in [2.45, 2.75) is 25.4 Å². The van der Waals surface area contributed by atoms with Crippen molar-refractivity contribution in [1.82, 2.24) is 24.8 Å². The molecular formula is C23H29N5O3. The molecule has 1 unspecified atom stereocenters. The third-order valence-corrected chi connectivity index (χ3v) is 5.95. The van der Waals surface area contributed by atoms with Gasteiger partial charge in [0.1, 0.15) is 5.75 Å². The molecule has 8 heteroatoms. The van der Waals surface area contributed by atoms with Gasteiger partial charge in [0.05, 0.1) is 26.0 Å². The number of hydrogen-bond donors (Lipinski definition) is 1. The normalized spacial score (nSPS) is 17.1. The highest BCUT2D eigenvalue weighted by molar-refractivity contribution is 5.92. The number of aliphatic hydroxyl groups is 1. The number of piperidine rings is 1. The van der Waals surface area contributed by atoms with Crippen molar-refractivity contribution >= 4 is 16.7 Å². The first kappa shape index (κ1) is 21.3. The van der Waals surface area contributed by atoms with Gasteiger partial charge < -0.3 is 14.7 Å². The monoisotopic (exact) mass is 423 g/mol. The summed E-state index contributed by atoms with van der Waals surface area (Å²) in [4.78, 5) is 16.3. The number of hydrogen-bond acceptors (Lipinski definition) is 6. The van der Waals surface area contributed by atoms with Gasteiger partial charge in [0.2, 0.25) is 0 Å². The third-order valence-electron chi connectivity index (χ3n) is 5.95. The van der Waals surface area contributed by atoms with Crippen molar-refractivity contribution < 1.29 is 14.6 Å². The number of aromatic nitrogens is 3. The lowest BCUT2D eigenvalue weighted by Crippen LogP contribution is -2.36. The maximum Gasteiger partial charge on any atom is 0.275 e. The highest BCUT2D eigenvalue weighted by Crippen LogP contribution is 2.30. The van der Waals surface area contributed by atoms with E-state index in [4.69, 9.17) is 9.84 Å². The number of methoxy groups -OCH3 is 1. The summed E-state index contributed by atoms with van der Waals surface area (Å²) in [5.41, 5.74) is 1.59. The summed E-state index contributed by atoms with van der Waals surface area (Å²) >= 11 is 0. The Labute approximate surface area is 182 Å². The predicted molar refractivity (Wildman–Crippen MR) is 118 cm³/mol. The number of nitrogens with zero attached hydrogens (tertiary/aromatic N) is 5. The molecule has 1 N–H and O–H groups in total. The van der Waals surface area contributed by atoms with E-state index >= 15 is 0 Å². The highest BCUT2D eigenvalue weighted by Gasteiger charge is 2.24. The molecular weight excluding hydrogens is 394 g/mol. The molecule has 164 valence electrons. The number of benzene rings is 2. The fourth-order valence-electron chi connectivity index (χ4n) is 4.28. The SMILES string of the molecule is COc1ccc(CN2CCCC(n3cc(C(=O)N(C)CCO)nn3)C2)c2ccccc12. The molecule has 0 bridgehead atoms. The molecule has 0 radical (unpaired) electrons. The lowest BCUT2D eigenvalue weighted by Gasteiger charge is -2.32. The summed E-state index contributed by atoms with van der Waals surface area (Å²) in [6.45, 7) is 2.92. The van der Waals surface area contributed by atoms with Gasteiger partial charge in [0.25, 0.3) is 5.91 Å². The van der Waals surface area contributed by atoms with Crippen molar-refractivity contribution in [3.8, 4) is 5.75 Å². The number of carbonyl (C=O) groups is 1. The van der Waals surface area contributed by atoms with E-state index in [0.29, 0.717) is 5.69 Å². The number of fused-ring (bicyclic) bond motifs is 1. The highest BCUT2D eigenvalue weighted by atomic mass is 16.5. The molecule has 1 atom stereocenters. The fraction of sp³-hybridized carbons (Fsp3) is 0.435. The molecule has 1 fully saturated rings. The maximum absolute atomic E-state index is 12.4. The second kappa shape index (κ2) is 9.45. The van der Waals surface area contributed by atoms with Crippen LogP contribution in [0.15, 0.2) is 42.6 Å². The van der Waals surface area contributed by atoms with Crippen molar-refractivity contribution in [3.05, 3.63) is 53.9 Å². The zero-order chi connectivity index (χ0) is 21.8. The van der Waals surface area contributed by atoms with Crippen LogP contribution in [0.3, 0.4) is 0 Å². The zero-order valence-corrected chi connectivity index (χ0v) is 18.1. The van der Waals surface area contributed by atoms with Crippen LogP contribution in [0, 0.1) is 0 Å². The average Bonchev–Trinajstić information content (AvgIpc) is 3.29. The summed E-state index contributed by atoms with van der Waals surface area (Å²) in [7, 11) is 3.36. The van der Waals surface area contributed by atoms with E-state index in [-0.39, 0.29) is 25.1 Å². The lowest BCUT2D eigenvalue weighted by atomic mass is 10.0. The Kier molecular flexibility index (Phi) is 6.48. The molecule has 0 spiro atoms. The van der Waals surface area contributed by atoms with Gasteiger partial charge in [0.15, 0.2) is 5.69 Å². The third kappa shape index (κ3) is 4.55. The van der Waals surface area contributed by atoms with Gasteiger partial charge >= 0.3 is 0 Å². The number of carbonyl (C=O) groups excluding carboxylic acids is 1. The van der Waals surface area contributed by atoms with E-state index < -0.39 is 0 Å². The fourth-order valence-corrected chi connectivity index (χ4v) is 4.28. The van der Waals surface area contributed by atoms with Gasteiger partial charge in [-0.15, -0.1) is 5.10 Å². The molecule has 4 rings (SSSR count). The van der Waals surface area contributed by atoms with Crippen LogP contribution < -0.4 is 4.74 Å². The first-order valence-corrected chi connectivity index (χ1v) is 10.7. The van der Waals surface area contributed by atoms with Gasteiger partial charge in [0, 0.05) is 32.1 Å². The standard InChI is InChI=1S/C23H29N5O3/c1-26(12-13-29)23(30)21-16-28(25-24-21)18-6-5-11-27(15-18)14-17-9-10-22(31-2)20-8-4-3-7-19(17)20/h3-4,7-10,16,18,29H,5-6,11-15H2,1-2H3. The number of aliphatic hydroxyl groups excluding tert-OH is 1. The lowest BCUT2D eigenvalue weighted by molar-refractivity contribution is 0.0761. The first-order chi connectivity index (χ1) is 15.1. The van der Waals surface area contributed by atoms with Crippen LogP contribution in [0.4, 0.5) is 0 Å². The number of likely N-dealkylation sites (N-methyl/N-ethyl adjacent to an activating group) is 1. The van der Waals surface area contributed by atoms with E-state index in [9.17, 15) is 4.79 Å². The van der Waals surface area contributed by atoms with Gasteiger partial charge in [-0.2, -0.15) is 0 Å². The summed E-state index contributed by atoms with van der Waals surface area (Å²) in [6.07, 6.45) is 3.79. The van der Waals surface area contributed by atoms with E-state index in [1.165, 1.54) is 15.8 Å². The van der Waals surface area contributed by atoms with Gasteiger partial charge in [-0.05, 0) is 36.4 Å². The smallest absolute Gasteiger partial charge is 0.275 e. The van der Waals surface area contributed by atoms with Crippen LogP contribution in [0.5, 0.6) is 5.75 Å². The molecule has 8 nitrogen and oxygen atoms in total. The number of amides is 1. The maximum atomic E-state index is 12.4. The van der Waals surface area contributed by atoms with E-state index in [1.807, 2.05) is 16.8 Å². The molecule has 1 aromatic heterocycles. The van der Waals surface area contributed by atoms with Crippen molar-refractivity contribution in [2.75, 3.05) is 40.4 Å². The van der Waals surface area contributed by atoms with Crippen molar-refractivity contribution in [1.29, 1.82) is 0 Å². The Hall–Kier alpha value is -2.97. The van der Waals surface area contributed by atoms with Crippen LogP contribution in [0.25, 0.3) is 10.8 Å². The minimum absolute atomic E-state index is 0.0754. The first-order valence-electron chi connectivity index (χ1n) is 10.7. The van der Waals surface area contributed by atoms with Crippen LogP contribution >= 0.6 is 0 Å². The van der Waals surface area contributed by atoms with Gasteiger partial charge in [-0.3, -0.25) is 9.69 Å². The van der Waals surface area contributed by atoms with Gasteiger partial charge in [-0.25, -0.2) is 4.68 Å². The van der Waals surface area contributed by atoms with Crippen molar-refractivity contribution in [2.24, 2.45) is 0 Å². The summed E-state index contributed by atoms with van der Waals surface area (Å²) in [5, 5.41) is 19.7. The minimum Gasteiger partial charge on any atom is -0.496 e. The van der Waals surface area contributed by atoms with E-state index in [0.717, 1.165) is 43.6 Å². The molecule has 2 aromatic carbocycles. The molecule has 0 saturated carbocycles. The summed E-state index contributed by atoms with van der Waals surface area (Å²) in [5.74, 6) is 0.666. The Bertz CT molecular complexity index is 1050. The average molecular weight is 424 g/mol. The molecule has 1 aliphatic heterocycles. The quantitative estimate of drug-likeness (QED) is 0.628. The number of ether oxygens (including phenoxy) is 1. The Balaban J connectivity index is 1.48. The zero-order valence-electron chi connectivity index (χ0n) is 18.1. The molecule has 2 heterocycles. The number of likely N-dealkylation sites (tertiary alicyclic amines) is 1. The van der Waals surface area contributed by atoms with Crippen LogP contribution in [0.2, 0.25) is 0 Å². The second-order valence-electron chi connectivity index (χ2n) is 8.04. The Morgan fingerprint density at radius 1 is 1.26 bits per heavy atom. The van der Waals surface area contributed by atoms with Crippen molar-refractivity contribution in [3.63, 3.8) is 0 Å². The van der Waals surface area contributed by atoms with E-state index in [2.05, 4.69) is 39.5 Å². The van der Waals surface area contributed by atoms with E-state index in [1.54, 1.807) is 20.4 Å². The van der Waals surface area contributed by atoms with Crippen LogP contribution in [0.1, 0.15) is 34.9 Å². The topological polar surface area (TPSA) is 83.7 Å². The number of rotatable bonds is 7. The molecule has 1 saturated heterocycles. The molecule has 3 aromatic rings. The van der Waals surface area contributed by atoms with Crippen LogP contribution in [-0.4, -0.2) is 76.2 Å². The van der Waals surface area contributed by atoms with Crippen LogP contribution in [-0.2, 0) is 6.54 Å². The minimum atomic E-state index is -0.224. The predicted octanol–water partition coefficient (Wildman–Crippen LogP) is 2.34. The summed E-state index contributed by atoms with van der Waals surface area (Å²) < 4.78 is 7.34. The molecule has 1 amide bonds. The second-order valence-corrected chi connectivity index (χ2v) is 8.04.